The number of aliphatic hydroxyl groups is 1. The highest BCUT2D eigenvalue weighted by Gasteiger charge is 2.54. The van der Waals surface area contributed by atoms with E-state index in [1.807, 2.05) is 0 Å². The fourth-order valence-electron chi connectivity index (χ4n) is 2.70. The Hall–Kier alpha value is -0.300. The summed E-state index contributed by atoms with van der Waals surface area (Å²) in [6.07, 6.45) is 2.01. The predicted molar refractivity (Wildman–Crippen MR) is 45.1 cm³/mol. The zero-order chi connectivity index (χ0) is 8.22. The second-order valence-corrected chi connectivity index (χ2v) is 4.63. The Labute approximate surface area is 68.1 Å². The summed E-state index contributed by atoms with van der Waals surface area (Å²) in [5, 5.41) is 9.51. The molecule has 62 valence electrons. The topological polar surface area (TPSA) is 20.2 Å². The Balaban J connectivity index is 2.23. The largest absolute Gasteiger partial charge is 0.389 e. The van der Waals surface area contributed by atoms with Crippen molar-refractivity contribution in [2.24, 2.45) is 17.3 Å². The van der Waals surface area contributed by atoms with E-state index >= 15 is 0 Å². The van der Waals surface area contributed by atoms with E-state index in [-0.39, 0.29) is 6.10 Å². The first kappa shape index (κ1) is 7.35. The van der Waals surface area contributed by atoms with Crippen molar-refractivity contribution in [2.45, 2.75) is 32.8 Å². The van der Waals surface area contributed by atoms with Gasteiger partial charge in [-0.3, -0.25) is 0 Å². The molecular formula is C10H16O. The molecule has 0 heterocycles. The van der Waals surface area contributed by atoms with E-state index in [0.717, 1.165) is 17.9 Å². The summed E-state index contributed by atoms with van der Waals surface area (Å²) in [6, 6.07) is 0. The van der Waals surface area contributed by atoms with Gasteiger partial charge in [0.15, 0.2) is 0 Å². The number of aliphatic hydroxyl groups excluding tert-OH is 1. The lowest BCUT2D eigenvalue weighted by atomic mass is 9.47. The van der Waals surface area contributed by atoms with Crippen molar-refractivity contribution >= 4 is 0 Å². The van der Waals surface area contributed by atoms with Crippen LogP contribution in [0, 0.1) is 17.3 Å². The average Bonchev–Trinajstić information content (AvgIpc) is 1.93. The van der Waals surface area contributed by atoms with Gasteiger partial charge in [-0.05, 0) is 35.7 Å². The molecule has 0 unspecified atom stereocenters. The molecule has 3 aliphatic rings. The summed E-state index contributed by atoms with van der Waals surface area (Å²) < 4.78 is 0. The second-order valence-electron chi connectivity index (χ2n) is 4.63. The van der Waals surface area contributed by atoms with Crippen LogP contribution >= 0.6 is 0 Å². The summed E-state index contributed by atoms with van der Waals surface area (Å²) in [5.41, 5.74) is 1.51. The molecule has 1 nitrogen and oxygen atoms in total. The molecule has 3 saturated carbocycles. The summed E-state index contributed by atoms with van der Waals surface area (Å²) >= 11 is 0. The molecule has 3 fully saturated rings. The lowest BCUT2D eigenvalue weighted by molar-refractivity contribution is -0.0705. The van der Waals surface area contributed by atoms with Gasteiger partial charge in [-0.15, -0.1) is 0 Å². The maximum atomic E-state index is 9.51. The maximum absolute atomic E-state index is 9.51. The van der Waals surface area contributed by atoms with Crippen molar-refractivity contribution in [3.05, 3.63) is 12.2 Å². The first-order chi connectivity index (χ1) is 5.03. The summed E-state index contributed by atoms with van der Waals surface area (Å²) in [5.74, 6) is 1.34. The van der Waals surface area contributed by atoms with Gasteiger partial charge in [0.2, 0.25) is 0 Å². The minimum absolute atomic E-state index is 0.202. The Morgan fingerprint density at radius 1 is 1.45 bits per heavy atom. The molecule has 0 aromatic carbocycles. The van der Waals surface area contributed by atoms with Crippen molar-refractivity contribution < 1.29 is 5.11 Å². The van der Waals surface area contributed by atoms with Crippen LogP contribution in [-0.2, 0) is 0 Å². The number of fused-ring (bicyclic) bond motifs is 2. The first-order valence-electron chi connectivity index (χ1n) is 4.40. The Morgan fingerprint density at radius 2 is 2.09 bits per heavy atom. The SMILES string of the molecule is C=C1[C@H]2C[C@H](C[C@@H]1O)C2(C)C. The van der Waals surface area contributed by atoms with Gasteiger partial charge in [0, 0.05) is 0 Å². The number of hydrogen-bond acceptors (Lipinski definition) is 1. The summed E-state index contributed by atoms with van der Waals surface area (Å²) in [6.45, 7) is 8.55. The van der Waals surface area contributed by atoms with Crippen LogP contribution in [0.25, 0.3) is 0 Å². The van der Waals surface area contributed by atoms with Crippen molar-refractivity contribution in [3.8, 4) is 0 Å². The molecule has 1 heteroatoms. The van der Waals surface area contributed by atoms with E-state index in [2.05, 4.69) is 20.4 Å². The van der Waals surface area contributed by atoms with Crippen LogP contribution in [0.1, 0.15) is 26.7 Å². The van der Waals surface area contributed by atoms with E-state index in [9.17, 15) is 5.11 Å². The Morgan fingerprint density at radius 3 is 2.45 bits per heavy atom. The van der Waals surface area contributed by atoms with Gasteiger partial charge < -0.3 is 5.11 Å². The second kappa shape index (κ2) is 1.89. The van der Waals surface area contributed by atoms with Crippen LogP contribution < -0.4 is 0 Å². The van der Waals surface area contributed by atoms with E-state index in [1.54, 1.807) is 0 Å². The summed E-state index contributed by atoms with van der Waals surface area (Å²) in [7, 11) is 0. The molecule has 11 heavy (non-hydrogen) atoms. The van der Waals surface area contributed by atoms with Crippen molar-refractivity contribution in [1.29, 1.82) is 0 Å². The molecule has 0 aromatic rings. The lowest BCUT2D eigenvalue weighted by Gasteiger charge is -2.59. The normalized spacial score (nSPS) is 46.8. The van der Waals surface area contributed by atoms with E-state index in [0.29, 0.717) is 11.3 Å². The molecule has 1 N–H and O–H groups in total. The van der Waals surface area contributed by atoms with Gasteiger partial charge in [-0.25, -0.2) is 0 Å². The van der Waals surface area contributed by atoms with Gasteiger partial charge in [0.1, 0.15) is 0 Å². The van der Waals surface area contributed by atoms with Crippen LogP contribution in [0.15, 0.2) is 12.2 Å². The zero-order valence-electron chi connectivity index (χ0n) is 7.30. The molecule has 0 saturated heterocycles. The molecule has 0 spiro atoms. The standard InChI is InChI=1S/C10H16O/c1-6-8-4-7(5-9(6)11)10(8,2)3/h7-9,11H,1,4-5H2,2-3H3/t7-,8-,9+/m1/s1. The summed E-state index contributed by atoms with van der Waals surface area (Å²) in [4.78, 5) is 0. The highest BCUT2D eigenvalue weighted by atomic mass is 16.3. The van der Waals surface area contributed by atoms with Crippen molar-refractivity contribution in [2.75, 3.05) is 0 Å². The third-order valence-corrected chi connectivity index (χ3v) is 3.85. The lowest BCUT2D eigenvalue weighted by Crippen LogP contribution is -2.53. The molecule has 3 atom stereocenters. The predicted octanol–water partition coefficient (Wildman–Crippen LogP) is 1.97. The smallest absolute Gasteiger partial charge is 0.0753 e. The molecule has 0 radical (unpaired) electrons. The van der Waals surface area contributed by atoms with Crippen LogP contribution in [-0.4, -0.2) is 11.2 Å². The zero-order valence-corrected chi connectivity index (χ0v) is 7.30. The van der Waals surface area contributed by atoms with Gasteiger partial charge >= 0.3 is 0 Å². The quantitative estimate of drug-likeness (QED) is 0.526. The third-order valence-electron chi connectivity index (χ3n) is 3.85. The van der Waals surface area contributed by atoms with Crippen molar-refractivity contribution in [1.82, 2.24) is 0 Å². The van der Waals surface area contributed by atoms with Gasteiger partial charge in [-0.1, -0.05) is 20.4 Å². The average molecular weight is 152 g/mol. The fraction of sp³-hybridized carbons (Fsp3) is 0.800. The van der Waals surface area contributed by atoms with Gasteiger partial charge in [0.25, 0.3) is 0 Å². The maximum Gasteiger partial charge on any atom is 0.0753 e. The van der Waals surface area contributed by atoms with Crippen LogP contribution in [0.3, 0.4) is 0 Å². The monoisotopic (exact) mass is 152 g/mol. The number of rotatable bonds is 0. The minimum atomic E-state index is -0.202. The van der Waals surface area contributed by atoms with Crippen LogP contribution in [0.5, 0.6) is 0 Å². The Bertz CT molecular complexity index is 205. The molecular weight excluding hydrogens is 136 g/mol. The number of hydrogen-bond donors (Lipinski definition) is 1. The van der Waals surface area contributed by atoms with E-state index < -0.39 is 0 Å². The molecule has 0 amide bonds. The van der Waals surface area contributed by atoms with Crippen molar-refractivity contribution in [3.63, 3.8) is 0 Å². The molecule has 2 bridgehead atoms. The third kappa shape index (κ3) is 0.750. The highest BCUT2D eigenvalue weighted by Crippen LogP contribution is 2.60. The van der Waals surface area contributed by atoms with E-state index in [4.69, 9.17) is 0 Å². The van der Waals surface area contributed by atoms with E-state index in [1.165, 1.54) is 6.42 Å². The van der Waals surface area contributed by atoms with Crippen LogP contribution in [0.2, 0.25) is 0 Å². The molecule has 0 aromatic heterocycles. The first-order valence-corrected chi connectivity index (χ1v) is 4.40. The van der Waals surface area contributed by atoms with Gasteiger partial charge in [0.05, 0.1) is 6.10 Å². The minimum Gasteiger partial charge on any atom is -0.389 e. The van der Waals surface area contributed by atoms with Crippen LogP contribution in [0.4, 0.5) is 0 Å². The molecule has 3 aliphatic carbocycles. The highest BCUT2D eigenvalue weighted by molar-refractivity contribution is 5.22. The molecule has 3 rings (SSSR count). The van der Waals surface area contributed by atoms with Gasteiger partial charge in [-0.2, -0.15) is 0 Å². The molecule has 0 aliphatic heterocycles. The fourth-order valence-corrected chi connectivity index (χ4v) is 2.70. The Kier molecular flexibility index (Phi) is 1.26.